The van der Waals surface area contributed by atoms with Crippen LogP contribution in [0, 0.1) is 0 Å². The Hall–Kier alpha value is -0.290. The van der Waals surface area contributed by atoms with Crippen LogP contribution in [0.5, 0.6) is 0 Å². The van der Waals surface area contributed by atoms with Crippen LogP contribution in [0.1, 0.15) is 31.9 Å². The number of benzene rings is 1. The van der Waals surface area contributed by atoms with E-state index in [1.165, 1.54) is 0 Å². The van der Waals surface area contributed by atoms with Crippen molar-refractivity contribution in [1.82, 2.24) is 5.32 Å². The van der Waals surface area contributed by atoms with Crippen molar-refractivity contribution in [2.45, 2.75) is 36.5 Å². The highest BCUT2D eigenvalue weighted by Gasteiger charge is 2.46. The molecule has 0 saturated carbocycles. The zero-order chi connectivity index (χ0) is 13.5. The second kappa shape index (κ2) is 5.00. The lowest BCUT2D eigenvalue weighted by Crippen LogP contribution is -2.31. The lowest BCUT2D eigenvalue weighted by molar-refractivity contribution is 0.505. The molecule has 1 aromatic carbocycles. The lowest BCUT2D eigenvalue weighted by Gasteiger charge is -2.18. The summed E-state index contributed by atoms with van der Waals surface area (Å²) in [4.78, 5) is 0.203. The van der Waals surface area contributed by atoms with Crippen molar-refractivity contribution in [1.29, 1.82) is 0 Å². The molecule has 0 aliphatic carbocycles. The first kappa shape index (κ1) is 14.1. The molecule has 0 aromatic heterocycles. The standard InChI is InChI=1S/C12H15Cl2NO2S/c1-3-9-11(15-4-2)10-7(13)5-6-8(14)12(10)18(9,16)17/h5-6,9,11,15H,3-4H2,1-2H3. The Morgan fingerprint density at radius 3 is 2.39 bits per heavy atom. The predicted molar refractivity (Wildman–Crippen MR) is 74.1 cm³/mol. The van der Waals surface area contributed by atoms with Crippen LogP contribution in [0.2, 0.25) is 10.0 Å². The second-order valence-electron chi connectivity index (χ2n) is 4.30. The smallest absolute Gasteiger partial charge is 0.184 e. The van der Waals surface area contributed by atoms with Crippen LogP contribution in [0.15, 0.2) is 17.0 Å². The zero-order valence-electron chi connectivity index (χ0n) is 10.2. The van der Waals surface area contributed by atoms with E-state index in [-0.39, 0.29) is 16.0 Å². The fraction of sp³-hybridized carbons (Fsp3) is 0.500. The first-order valence-electron chi connectivity index (χ1n) is 5.90. The van der Waals surface area contributed by atoms with Gasteiger partial charge in [0.15, 0.2) is 9.84 Å². The van der Waals surface area contributed by atoms with Gasteiger partial charge < -0.3 is 5.32 Å². The fourth-order valence-corrected chi connectivity index (χ4v) is 5.59. The molecule has 0 fully saturated rings. The summed E-state index contributed by atoms with van der Waals surface area (Å²) in [6.07, 6.45) is 0.529. The van der Waals surface area contributed by atoms with E-state index in [0.717, 1.165) is 0 Å². The van der Waals surface area contributed by atoms with Crippen LogP contribution in [-0.4, -0.2) is 20.2 Å². The van der Waals surface area contributed by atoms with Gasteiger partial charge in [0.05, 0.1) is 21.2 Å². The molecule has 0 radical (unpaired) electrons. The number of nitrogens with one attached hydrogen (secondary N) is 1. The molecule has 0 bridgehead atoms. The van der Waals surface area contributed by atoms with Gasteiger partial charge >= 0.3 is 0 Å². The van der Waals surface area contributed by atoms with Crippen molar-refractivity contribution in [2.24, 2.45) is 0 Å². The lowest BCUT2D eigenvalue weighted by atomic mass is 10.0. The minimum Gasteiger partial charge on any atom is -0.309 e. The Kier molecular flexibility index (Phi) is 3.93. The molecule has 100 valence electrons. The van der Waals surface area contributed by atoms with E-state index in [0.29, 0.717) is 23.6 Å². The van der Waals surface area contributed by atoms with Gasteiger partial charge in [-0.25, -0.2) is 8.42 Å². The monoisotopic (exact) mass is 307 g/mol. The Morgan fingerprint density at radius 2 is 1.83 bits per heavy atom. The van der Waals surface area contributed by atoms with Crippen LogP contribution in [-0.2, 0) is 9.84 Å². The summed E-state index contributed by atoms with van der Waals surface area (Å²) in [5.41, 5.74) is 0.623. The average Bonchev–Trinajstić information content (AvgIpc) is 2.53. The summed E-state index contributed by atoms with van der Waals surface area (Å²) in [7, 11) is -3.40. The van der Waals surface area contributed by atoms with E-state index >= 15 is 0 Å². The minimum absolute atomic E-state index is 0.203. The number of fused-ring (bicyclic) bond motifs is 1. The number of hydrogen-bond acceptors (Lipinski definition) is 3. The van der Waals surface area contributed by atoms with Crippen molar-refractivity contribution in [3.8, 4) is 0 Å². The molecule has 0 spiro atoms. The molecular formula is C12H15Cl2NO2S. The number of rotatable bonds is 3. The summed E-state index contributed by atoms with van der Waals surface area (Å²) in [5, 5.41) is 3.42. The molecule has 2 unspecified atom stereocenters. The largest absolute Gasteiger partial charge is 0.309 e. The Balaban J connectivity index is 2.73. The fourth-order valence-electron chi connectivity index (χ4n) is 2.55. The van der Waals surface area contributed by atoms with Crippen molar-refractivity contribution in [2.75, 3.05) is 6.54 Å². The van der Waals surface area contributed by atoms with Crippen molar-refractivity contribution in [3.05, 3.63) is 27.7 Å². The van der Waals surface area contributed by atoms with E-state index in [1.807, 2.05) is 13.8 Å². The number of halogens is 2. The first-order valence-corrected chi connectivity index (χ1v) is 8.20. The molecule has 3 nitrogen and oxygen atoms in total. The van der Waals surface area contributed by atoms with Gasteiger partial charge in [-0.3, -0.25) is 0 Å². The molecule has 1 heterocycles. The van der Waals surface area contributed by atoms with Gasteiger partial charge in [0.1, 0.15) is 0 Å². The molecule has 1 aliphatic rings. The summed E-state index contributed by atoms with van der Waals surface area (Å²) < 4.78 is 25.0. The maximum Gasteiger partial charge on any atom is 0.184 e. The van der Waals surface area contributed by atoms with Gasteiger partial charge in [-0.1, -0.05) is 37.0 Å². The van der Waals surface area contributed by atoms with E-state index in [1.54, 1.807) is 12.1 Å². The molecule has 18 heavy (non-hydrogen) atoms. The maximum absolute atomic E-state index is 12.5. The van der Waals surface area contributed by atoms with E-state index in [9.17, 15) is 8.42 Å². The third-order valence-electron chi connectivity index (χ3n) is 3.29. The molecule has 2 rings (SSSR count). The number of sulfone groups is 1. The van der Waals surface area contributed by atoms with Crippen LogP contribution in [0.3, 0.4) is 0 Å². The van der Waals surface area contributed by atoms with Crippen LogP contribution >= 0.6 is 23.2 Å². The summed E-state index contributed by atoms with van der Waals surface area (Å²) in [6.45, 7) is 4.48. The Labute approximate surface area is 117 Å². The molecule has 2 atom stereocenters. The maximum atomic E-state index is 12.5. The average molecular weight is 308 g/mol. The molecule has 1 aliphatic heterocycles. The van der Waals surface area contributed by atoms with E-state index in [4.69, 9.17) is 23.2 Å². The SMILES string of the molecule is CCNC1c2c(Cl)ccc(Cl)c2S(=O)(=O)C1CC. The van der Waals surface area contributed by atoms with Crippen LogP contribution in [0.25, 0.3) is 0 Å². The van der Waals surface area contributed by atoms with Gasteiger partial charge in [-0.2, -0.15) is 0 Å². The molecule has 6 heteroatoms. The Morgan fingerprint density at radius 1 is 1.22 bits per heavy atom. The third-order valence-corrected chi connectivity index (χ3v) is 6.46. The second-order valence-corrected chi connectivity index (χ2v) is 7.22. The summed E-state index contributed by atoms with van der Waals surface area (Å²) >= 11 is 12.2. The van der Waals surface area contributed by atoms with Crippen LogP contribution < -0.4 is 5.32 Å². The summed E-state index contributed by atoms with van der Waals surface area (Å²) in [6, 6.07) is 2.92. The Bertz CT molecular complexity index is 572. The van der Waals surface area contributed by atoms with E-state index in [2.05, 4.69) is 5.32 Å². The molecule has 0 saturated heterocycles. The van der Waals surface area contributed by atoms with Crippen molar-refractivity contribution in [3.63, 3.8) is 0 Å². The molecular weight excluding hydrogens is 293 g/mol. The van der Waals surface area contributed by atoms with Gasteiger partial charge in [0.25, 0.3) is 0 Å². The molecule has 0 amide bonds. The zero-order valence-corrected chi connectivity index (χ0v) is 12.5. The highest BCUT2D eigenvalue weighted by atomic mass is 35.5. The predicted octanol–water partition coefficient (Wildman–Crippen LogP) is 3.21. The quantitative estimate of drug-likeness (QED) is 0.932. The van der Waals surface area contributed by atoms with Gasteiger partial charge in [-0.05, 0) is 25.1 Å². The highest BCUT2D eigenvalue weighted by molar-refractivity contribution is 7.92. The minimum atomic E-state index is -3.40. The van der Waals surface area contributed by atoms with Gasteiger partial charge in [0.2, 0.25) is 0 Å². The van der Waals surface area contributed by atoms with Crippen LogP contribution in [0.4, 0.5) is 0 Å². The van der Waals surface area contributed by atoms with E-state index < -0.39 is 15.1 Å². The first-order chi connectivity index (χ1) is 8.45. The molecule has 1 N–H and O–H groups in total. The summed E-state index contributed by atoms with van der Waals surface area (Å²) in [5.74, 6) is 0. The van der Waals surface area contributed by atoms with Crippen molar-refractivity contribution >= 4 is 33.0 Å². The van der Waals surface area contributed by atoms with Gasteiger partial charge in [-0.15, -0.1) is 0 Å². The number of hydrogen-bond donors (Lipinski definition) is 1. The van der Waals surface area contributed by atoms with Crippen molar-refractivity contribution < 1.29 is 8.42 Å². The topological polar surface area (TPSA) is 46.2 Å². The normalized spacial score (nSPS) is 25.1. The highest BCUT2D eigenvalue weighted by Crippen LogP contribution is 2.46. The third kappa shape index (κ3) is 1.95. The molecule has 1 aromatic rings. The van der Waals surface area contributed by atoms with Gasteiger partial charge in [0, 0.05) is 10.6 Å².